The zero-order chi connectivity index (χ0) is 25.0. The SMILES string of the molecule is O=C(Nc1ccc(C(=O)N2CCOCC2)cc1)c1c2c3c(n1-2)NCCN3Cc1c(F)ccc(F)c1Cl. The molecule has 4 aliphatic rings. The van der Waals surface area contributed by atoms with Gasteiger partial charge in [-0.15, -0.1) is 0 Å². The summed E-state index contributed by atoms with van der Waals surface area (Å²) in [6.07, 6.45) is 0. The fourth-order valence-electron chi connectivity index (χ4n) is 4.76. The number of nitrogens with zero attached hydrogens (tertiary/aromatic N) is 3. The first kappa shape index (κ1) is 22.8. The third kappa shape index (κ3) is 3.77. The van der Waals surface area contributed by atoms with Crippen molar-refractivity contribution in [3.63, 3.8) is 0 Å². The first-order valence-electron chi connectivity index (χ1n) is 11.6. The molecule has 0 unspecified atom stereocenters. The maximum atomic E-state index is 14.3. The Bertz CT molecular complexity index is 1390. The van der Waals surface area contributed by atoms with E-state index < -0.39 is 11.6 Å². The van der Waals surface area contributed by atoms with Gasteiger partial charge in [0.2, 0.25) is 0 Å². The summed E-state index contributed by atoms with van der Waals surface area (Å²) >= 11 is 6.02. The normalized spacial score (nSPS) is 15.9. The monoisotopic (exact) mass is 513 g/mol. The minimum Gasteiger partial charge on any atom is -0.378 e. The van der Waals surface area contributed by atoms with Gasteiger partial charge in [0.25, 0.3) is 11.8 Å². The molecule has 36 heavy (non-hydrogen) atoms. The highest BCUT2D eigenvalue weighted by Crippen LogP contribution is 2.54. The van der Waals surface area contributed by atoms with Crippen molar-refractivity contribution in [2.24, 2.45) is 0 Å². The predicted molar refractivity (Wildman–Crippen MR) is 131 cm³/mol. The molecule has 2 aromatic carbocycles. The van der Waals surface area contributed by atoms with E-state index in [9.17, 15) is 18.4 Å². The molecular weight excluding hydrogens is 492 g/mol. The Kier molecular flexibility index (Phi) is 5.57. The van der Waals surface area contributed by atoms with Crippen LogP contribution in [0.1, 0.15) is 26.4 Å². The van der Waals surface area contributed by atoms with E-state index in [2.05, 4.69) is 10.6 Å². The summed E-state index contributed by atoms with van der Waals surface area (Å²) in [5.41, 5.74) is 3.24. The number of rotatable bonds is 5. The van der Waals surface area contributed by atoms with Crippen LogP contribution in [-0.2, 0) is 11.3 Å². The van der Waals surface area contributed by atoms with Crippen LogP contribution in [0.4, 0.5) is 26.0 Å². The Labute approximate surface area is 210 Å². The van der Waals surface area contributed by atoms with Crippen molar-refractivity contribution in [3.05, 3.63) is 69.9 Å². The Morgan fingerprint density at radius 2 is 1.72 bits per heavy atom. The van der Waals surface area contributed by atoms with Gasteiger partial charge in [0.15, 0.2) is 0 Å². The number of carbonyl (C=O) groups excluding carboxylic acids is 2. The molecule has 4 heterocycles. The van der Waals surface area contributed by atoms with Gasteiger partial charge >= 0.3 is 0 Å². The second kappa shape index (κ2) is 8.79. The van der Waals surface area contributed by atoms with Crippen molar-refractivity contribution in [2.45, 2.75) is 6.54 Å². The smallest absolute Gasteiger partial charge is 0.274 e. The molecular formula is C25H22ClF2N5O3. The topological polar surface area (TPSA) is 78.8 Å². The van der Waals surface area contributed by atoms with Crippen LogP contribution >= 0.6 is 11.6 Å². The summed E-state index contributed by atoms with van der Waals surface area (Å²) < 4.78 is 35.3. The molecule has 0 aromatic heterocycles. The molecule has 0 spiro atoms. The Balaban J connectivity index is 1.16. The second-order valence-electron chi connectivity index (χ2n) is 8.84. The highest BCUT2D eigenvalue weighted by atomic mass is 35.5. The number of halogens is 3. The van der Waals surface area contributed by atoms with Crippen LogP contribution in [-0.4, -0.2) is 60.7 Å². The maximum absolute atomic E-state index is 14.3. The van der Waals surface area contributed by atoms with Gasteiger partial charge in [0.1, 0.15) is 34.5 Å². The van der Waals surface area contributed by atoms with Crippen LogP contribution in [0.15, 0.2) is 36.4 Å². The summed E-state index contributed by atoms with van der Waals surface area (Å²) in [5, 5.41) is 5.89. The number of nitrogens with one attached hydrogen (secondary N) is 2. The van der Waals surface area contributed by atoms with Gasteiger partial charge in [-0.25, -0.2) is 8.78 Å². The predicted octanol–water partition coefficient (Wildman–Crippen LogP) is 3.88. The van der Waals surface area contributed by atoms with Gasteiger partial charge in [-0.3, -0.25) is 14.2 Å². The summed E-state index contributed by atoms with van der Waals surface area (Å²) in [4.78, 5) is 29.2. The zero-order valence-corrected chi connectivity index (χ0v) is 19.9. The number of anilines is 3. The molecule has 2 N–H and O–H groups in total. The molecule has 1 saturated heterocycles. The summed E-state index contributed by atoms with van der Waals surface area (Å²) in [7, 11) is 0. The van der Waals surface area contributed by atoms with Crippen molar-refractivity contribution >= 4 is 40.6 Å². The third-order valence-corrected chi connectivity index (χ3v) is 7.08. The van der Waals surface area contributed by atoms with E-state index in [0.717, 1.165) is 29.3 Å². The molecule has 186 valence electrons. The van der Waals surface area contributed by atoms with Gasteiger partial charge in [0, 0.05) is 49.5 Å². The van der Waals surface area contributed by atoms with Crippen LogP contribution in [0.25, 0.3) is 5.69 Å². The lowest BCUT2D eigenvalue weighted by atomic mass is 10.1. The minimum absolute atomic E-state index is 0.0645. The number of fused-ring (bicyclic) bond motifs is 4. The fourth-order valence-corrected chi connectivity index (χ4v) is 4.98. The van der Waals surface area contributed by atoms with E-state index in [1.165, 1.54) is 0 Å². The molecule has 2 amide bonds. The molecule has 6 rings (SSSR count). The molecule has 0 aliphatic carbocycles. The van der Waals surface area contributed by atoms with Crippen molar-refractivity contribution in [1.29, 1.82) is 0 Å². The minimum atomic E-state index is -0.670. The average Bonchev–Trinajstić information content (AvgIpc) is 3.56. The lowest BCUT2D eigenvalue weighted by Gasteiger charge is -2.34. The molecule has 0 bridgehead atoms. The molecule has 0 saturated carbocycles. The largest absolute Gasteiger partial charge is 0.378 e. The molecule has 2 aromatic rings. The lowest BCUT2D eigenvalue weighted by Crippen LogP contribution is -2.40. The standard InChI is InChI=1S/C25H22ClF2N5O3/c26-19-16(17(27)5-6-18(19)28)13-32-8-7-29-23-21(32)20-22(33(20)23)24(34)30-15-3-1-14(2-4-15)25(35)31-9-11-36-12-10-31/h1-6,29H,7-13H2,(H,30,34). The van der Waals surface area contributed by atoms with Crippen LogP contribution in [0, 0.1) is 11.6 Å². The van der Waals surface area contributed by atoms with E-state index in [1.807, 2.05) is 4.90 Å². The quantitative estimate of drug-likeness (QED) is 0.396. The van der Waals surface area contributed by atoms with Crippen molar-refractivity contribution < 1.29 is 23.1 Å². The van der Waals surface area contributed by atoms with Crippen molar-refractivity contribution in [3.8, 4) is 5.69 Å². The highest BCUT2D eigenvalue weighted by molar-refractivity contribution is 6.31. The van der Waals surface area contributed by atoms with Crippen LogP contribution in [0.5, 0.6) is 0 Å². The highest BCUT2D eigenvalue weighted by Gasteiger charge is 2.45. The van der Waals surface area contributed by atoms with E-state index in [1.54, 1.807) is 33.7 Å². The molecule has 11 heteroatoms. The third-order valence-electron chi connectivity index (χ3n) is 6.68. The number of hydrogen-bond donors (Lipinski definition) is 2. The van der Waals surface area contributed by atoms with Crippen LogP contribution in [0.2, 0.25) is 5.02 Å². The second-order valence-corrected chi connectivity index (χ2v) is 9.21. The van der Waals surface area contributed by atoms with Crippen molar-refractivity contribution in [2.75, 3.05) is 54.9 Å². The number of benzene rings is 2. The van der Waals surface area contributed by atoms with E-state index in [-0.39, 0.29) is 28.9 Å². The summed E-state index contributed by atoms with van der Waals surface area (Å²) in [6, 6.07) is 8.85. The Morgan fingerprint density at radius 3 is 2.47 bits per heavy atom. The van der Waals surface area contributed by atoms with E-state index >= 15 is 0 Å². The zero-order valence-electron chi connectivity index (χ0n) is 19.1. The molecule has 0 atom stereocenters. The fraction of sp³-hybridized carbons (Fsp3) is 0.280. The first-order chi connectivity index (χ1) is 17.4. The van der Waals surface area contributed by atoms with E-state index in [4.69, 9.17) is 16.3 Å². The number of hydrogen-bond acceptors (Lipinski definition) is 5. The van der Waals surface area contributed by atoms with Gasteiger partial charge in [-0.1, -0.05) is 11.6 Å². The molecule has 0 radical (unpaired) electrons. The van der Waals surface area contributed by atoms with Gasteiger partial charge < -0.3 is 25.2 Å². The van der Waals surface area contributed by atoms with Gasteiger partial charge in [0.05, 0.1) is 18.2 Å². The number of morpholine rings is 1. The van der Waals surface area contributed by atoms with E-state index in [0.29, 0.717) is 56.3 Å². The Hall–Kier alpha value is -3.63. The van der Waals surface area contributed by atoms with Crippen LogP contribution in [0.3, 0.4) is 0 Å². The number of carbonyl (C=O) groups is 2. The number of aromatic nitrogens is 1. The number of ether oxygens (including phenoxy) is 1. The van der Waals surface area contributed by atoms with Gasteiger partial charge in [-0.05, 0) is 36.4 Å². The molecule has 8 nitrogen and oxygen atoms in total. The summed E-state index contributed by atoms with van der Waals surface area (Å²) in [6.45, 7) is 3.41. The lowest BCUT2D eigenvalue weighted by molar-refractivity contribution is 0.0303. The average molecular weight is 514 g/mol. The Morgan fingerprint density at radius 1 is 1.00 bits per heavy atom. The molecule has 1 fully saturated rings. The summed E-state index contributed by atoms with van der Waals surface area (Å²) in [5.74, 6) is -0.831. The van der Waals surface area contributed by atoms with Crippen molar-refractivity contribution in [1.82, 2.24) is 9.47 Å². The molecule has 4 aliphatic heterocycles. The maximum Gasteiger partial charge on any atom is 0.274 e. The van der Waals surface area contributed by atoms with Crippen LogP contribution < -0.4 is 15.5 Å². The first-order valence-corrected chi connectivity index (χ1v) is 12.0. The number of amides is 2. The van der Waals surface area contributed by atoms with Gasteiger partial charge in [-0.2, -0.15) is 0 Å².